The Balaban J connectivity index is 2.00. The summed E-state index contributed by atoms with van der Waals surface area (Å²) in [5.41, 5.74) is 1.95. The van der Waals surface area contributed by atoms with E-state index in [4.69, 9.17) is 11.6 Å². The average molecular weight is 556 g/mol. The van der Waals surface area contributed by atoms with E-state index in [-0.39, 0.29) is 23.3 Å². The summed E-state index contributed by atoms with van der Waals surface area (Å²) in [6.07, 6.45) is 0. The van der Waals surface area contributed by atoms with Gasteiger partial charge >= 0.3 is 0 Å². The van der Waals surface area contributed by atoms with E-state index in [2.05, 4.69) is 5.32 Å². The minimum atomic E-state index is -4.08. The van der Waals surface area contributed by atoms with Crippen molar-refractivity contribution in [3.63, 3.8) is 0 Å². The topological polar surface area (TPSA) is 86.8 Å². The molecule has 3 rings (SSSR count). The van der Waals surface area contributed by atoms with E-state index in [9.17, 15) is 18.0 Å². The third kappa shape index (κ3) is 7.36. The first-order valence-corrected chi connectivity index (χ1v) is 14.3. The molecule has 2 amide bonds. The Morgan fingerprint density at radius 2 is 1.50 bits per heavy atom. The van der Waals surface area contributed by atoms with Crippen LogP contribution in [0.2, 0.25) is 5.02 Å². The van der Waals surface area contributed by atoms with Crippen LogP contribution >= 0.6 is 11.6 Å². The molecule has 9 heteroatoms. The van der Waals surface area contributed by atoms with Gasteiger partial charge in [-0.05, 0) is 55.7 Å². The van der Waals surface area contributed by atoms with Gasteiger partial charge in [0, 0.05) is 18.1 Å². The minimum Gasteiger partial charge on any atom is -0.354 e. The molecule has 0 saturated heterocycles. The first-order chi connectivity index (χ1) is 18.0. The van der Waals surface area contributed by atoms with Crippen molar-refractivity contribution < 1.29 is 18.0 Å². The molecule has 1 atom stereocenters. The summed E-state index contributed by atoms with van der Waals surface area (Å²) in [6.45, 7) is 7.49. The number of rotatable bonds is 11. The molecule has 38 heavy (non-hydrogen) atoms. The van der Waals surface area contributed by atoms with Gasteiger partial charge in [-0.2, -0.15) is 0 Å². The fourth-order valence-electron chi connectivity index (χ4n) is 3.80. The zero-order valence-electron chi connectivity index (χ0n) is 22.1. The summed E-state index contributed by atoms with van der Waals surface area (Å²) in [6, 6.07) is 21.1. The molecule has 0 fully saturated rings. The highest BCUT2D eigenvalue weighted by Crippen LogP contribution is 2.25. The van der Waals surface area contributed by atoms with Gasteiger partial charge in [0.1, 0.15) is 12.6 Å². The summed E-state index contributed by atoms with van der Waals surface area (Å²) >= 11 is 6.38. The summed E-state index contributed by atoms with van der Waals surface area (Å²) < 4.78 is 28.5. The van der Waals surface area contributed by atoms with E-state index in [1.807, 2.05) is 20.8 Å². The van der Waals surface area contributed by atoms with E-state index in [1.54, 1.807) is 73.7 Å². The number of nitrogens with one attached hydrogen (secondary N) is 1. The SMILES string of the molecule is Cc1ccc(N(CC(=O)N(Cc2ccccc2Cl)[C@@H](C)C(=O)NCC(C)C)S(=O)(=O)c2ccccc2)cc1. The lowest BCUT2D eigenvalue weighted by atomic mass is 10.1. The van der Waals surface area contributed by atoms with Crippen molar-refractivity contribution in [2.24, 2.45) is 5.92 Å². The Labute approximate surface area is 230 Å². The number of carbonyl (C=O) groups is 2. The first kappa shape index (κ1) is 29.2. The van der Waals surface area contributed by atoms with Gasteiger partial charge in [-0.1, -0.05) is 79.5 Å². The lowest BCUT2D eigenvalue weighted by Gasteiger charge is -2.32. The number of nitrogens with zero attached hydrogens (tertiary/aromatic N) is 2. The molecule has 0 heterocycles. The van der Waals surface area contributed by atoms with Crippen LogP contribution in [0.25, 0.3) is 0 Å². The molecular weight excluding hydrogens is 522 g/mol. The molecule has 0 aliphatic carbocycles. The van der Waals surface area contributed by atoms with Crippen LogP contribution in [-0.4, -0.2) is 44.3 Å². The van der Waals surface area contributed by atoms with Gasteiger partial charge in [0.25, 0.3) is 10.0 Å². The molecule has 0 spiro atoms. The summed E-state index contributed by atoms with van der Waals surface area (Å²) in [4.78, 5) is 28.3. The van der Waals surface area contributed by atoms with Crippen molar-refractivity contribution in [3.8, 4) is 0 Å². The number of carbonyl (C=O) groups excluding carboxylic acids is 2. The average Bonchev–Trinajstić information content (AvgIpc) is 2.90. The van der Waals surface area contributed by atoms with Crippen LogP contribution < -0.4 is 9.62 Å². The normalized spacial score (nSPS) is 12.2. The second kappa shape index (κ2) is 12.9. The Hall–Kier alpha value is -3.36. The molecule has 3 aromatic rings. The van der Waals surface area contributed by atoms with Crippen LogP contribution in [0, 0.1) is 12.8 Å². The molecule has 0 aromatic heterocycles. The number of hydrogen-bond donors (Lipinski definition) is 1. The fourth-order valence-corrected chi connectivity index (χ4v) is 5.44. The minimum absolute atomic E-state index is 0.0435. The monoisotopic (exact) mass is 555 g/mol. The zero-order valence-corrected chi connectivity index (χ0v) is 23.7. The number of anilines is 1. The maximum atomic E-state index is 13.9. The number of benzene rings is 3. The van der Waals surface area contributed by atoms with E-state index in [0.717, 1.165) is 9.87 Å². The molecule has 0 bridgehead atoms. The van der Waals surface area contributed by atoms with Crippen LogP contribution in [0.4, 0.5) is 5.69 Å². The highest BCUT2D eigenvalue weighted by atomic mass is 35.5. The Kier molecular flexibility index (Phi) is 9.94. The molecule has 0 aliphatic rings. The van der Waals surface area contributed by atoms with Gasteiger partial charge in [0.05, 0.1) is 10.6 Å². The van der Waals surface area contributed by atoms with Crippen LogP contribution in [0.3, 0.4) is 0 Å². The van der Waals surface area contributed by atoms with Gasteiger partial charge in [0.15, 0.2) is 0 Å². The lowest BCUT2D eigenvalue weighted by molar-refractivity contribution is -0.139. The molecule has 202 valence electrons. The largest absolute Gasteiger partial charge is 0.354 e. The van der Waals surface area contributed by atoms with Crippen LogP contribution in [0.1, 0.15) is 31.9 Å². The molecule has 0 saturated carbocycles. The van der Waals surface area contributed by atoms with Gasteiger partial charge in [0.2, 0.25) is 11.8 Å². The molecule has 0 unspecified atom stereocenters. The maximum absolute atomic E-state index is 13.9. The third-order valence-electron chi connectivity index (χ3n) is 6.08. The number of sulfonamides is 1. The molecular formula is C29H34ClN3O4S. The van der Waals surface area contributed by atoms with Gasteiger partial charge in [-0.3, -0.25) is 13.9 Å². The smallest absolute Gasteiger partial charge is 0.264 e. The van der Waals surface area contributed by atoms with E-state index < -0.39 is 28.5 Å². The van der Waals surface area contributed by atoms with Crippen molar-refractivity contribution >= 4 is 39.1 Å². The van der Waals surface area contributed by atoms with Gasteiger partial charge < -0.3 is 10.2 Å². The number of hydrogen-bond acceptors (Lipinski definition) is 4. The predicted molar refractivity (Wildman–Crippen MR) is 151 cm³/mol. The number of amides is 2. The second-order valence-electron chi connectivity index (χ2n) is 9.59. The molecule has 0 radical (unpaired) electrons. The van der Waals surface area contributed by atoms with E-state index in [1.165, 1.54) is 17.0 Å². The van der Waals surface area contributed by atoms with Crippen molar-refractivity contribution in [2.75, 3.05) is 17.4 Å². The highest BCUT2D eigenvalue weighted by molar-refractivity contribution is 7.92. The van der Waals surface area contributed by atoms with Crippen LogP contribution in [-0.2, 0) is 26.2 Å². The maximum Gasteiger partial charge on any atom is 0.264 e. The first-order valence-electron chi connectivity index (χ1n) is 12.5. The van der Waals surface area contributed by atoms with Crippen molar-refractivity contribution in [1.82, 2.24) is 10.2 Å². The lowest BCUT2D eigenvalue weighted by Crippen LogP contribution is -2.51. The molecule has 3 aromatic carbocycles. The molecule has 7 nitrogen and oxygen atoms in total. The fraction of sp³-hybridized carbons (Fsp3) is 0.310. The quantitative estimate of drug-likeness (QED) is 0.359. The molecule has 0 aliphatic heterocycles. The van der Waals surface area contributed by atoms with Crippen molar-refractivity contribution in [1.29, 1.82) is 0 Å². The molecule has 1 N–H and O–H groups in total. The second-order valence-corrected chi connectivity index (χ2v) is 11.9. The highest BCUT2D eigenvalue weighted by Gasteiger charge is 2.32. The standard InChI is InChI=1S/C29H34ClN3O4S/c1-21(2)18-31-29(35)23(4)32(19-24-10-8-9-13-27(24)30)28(34)20-33(25-16-14-22(3)15-17-25)38(36,37)26-11-6-5-7-12-26/h5-17,21,23H,18-20H2,1-4H3,(H,31,35)/t23-/m0/s1. The summed E-state index contributed by atoms with van der Waals surface area (Å²) in [5, 5.41) is 3.32. The zero-order chi connectivity index (χ0) is 27.9. The van der Waals surface area contributed by atoms with Crippen molar-refractivity contribution in [3.05, 3.63) is 95.0 Å². The van der Waals surface area contributed by atoms with Crippen LogP contribution in [0.5, 0.6) is 0 Å². The predicted octanol–water partition coefficient (Wildman–Crippen LogP) is 5.03. The van der Waals surface area contributed by atoms with Gasteiger partial charge in [-0.25, -0.2) is 8.42 Å². The Morgan fingerprint density at radius 1 is 0.895 bits per heavy atom. The van der Waals surface area contributed by atoms with E-state index in [0.29, 0.717) is 22.8 Å². The Morgan fingerprint density at radius 3 is 2.11 bits per heavy atom. The summed E-state index contributed by atoms with van der Waals surface area (Å²) in [7, 11) is -4.08. The third-order valence-corrected chi connectivity index (χ3v) is 8.24. The van der Waals surface area contributed by atoms with Crippen molar-refractivity contribution in [2.45, 2.75) is 45.2 Å². The number of halogens is 1. The number of aryl methyl sites for hydroxylation is 1. The van der Waals surface area contributed by atoms with Crippen LogP contribution in [0.15, 0.2) is 83.8 Å². The Bertz CT molecular complexity index is 1350. The van der Waals surface area contributed by atoms with E-state index >= 15 is 0 Å². The summed E-state index contributed by atoms with van der Waals surface area (Å²) in [5.74, 6) is -0.629. The van der Waals surface area contributed by atoms with Gasteiger partial charge in [-0.15, -0.1) is 0 Å².